The minimum atomic E-state index is -0.861. The Labute approximate surface area is 172 Å². The summed E-state index contributed by atoms with van der Waals surface area (Å²) in [5, 5.41) is 0.428. The fourth-order valence-corrected chi connectivity index (χ4v) is 5.00. The summed E-state index contributed by atoms with van der Waals surface area (Å²) in [6.45, 7) is 0. The smallest absolute Gasteiger partial charge is 0.329 e. The second kappa shape index (κ2) is 6.46. The Morgan fingerprint density at radius 3 is 2.55 bits per heavy atom. The number of fused-ring (bicyclic) bond motifs is 5. The monoisotopic (exact) mass is 408 g/mol. The zero-order valence-electron chi connectivity index (χ0n) is 15.5. The number of nitrogens with zero attached hydrogens (tertiary/aromatic N) is 2. The quantitative estimate of drug-likeness (QED) is 0.564. The number of imide groups is 1. The van der Waals surface area contributed by atoms with Gasteiger partial charge in [0.1, 0.15) is 6.04 Å². The molecule has 3 aliphatic rings. The molecular weight excluding hydrogens is 392 g/mol. The fourth-order valence-electron chi connectivity index (χ4n) is 4.82. The van der Waals surface area contributed by atoms with Crippen molar-refractivity contribution in [1.82, 2.24) is 4.90 Å². The first-order chi connectivity index (χ1) is 14.0. The number of carbonyl (C=O) groups is 3. The van der Waals surface area contributed by atoms with Gasteiger partial charge < -0.3 is 9.64 Å². The molecule has 29 heavy (non-hydrogen) atoms. The molecule has 0 spiro atoms. The molecule has 4 atom stereocenters. The van der Waals surface area contributed by atoms with Crippen LogP contribution in [0.4, 0.5) is 5.69 Å². The van der Waals surface area contributed by atoms with E-state index in [9.17, 15) is 14.4 Å². The Bertz CT molecular complexity index is 1080. The van der Waals surface area contributed by atoms with Crippen LogP contribution in [0.2, 0.25) is 5.02 Å². The van der Waals surface area contributed by atoms with E-state index in [4.69, 9.17) is 16.3 Å². The second-order valence-electron chi connectivity index (χ2n) is 7.35. The molecule has 2 saturated heterocycles. The van der Waals surface area contributed by atoms with Gasteiger partial charge in [0, 0.05) is 11.2 Å². The highest BCUT2D eigenvalue weighted by Gasteiger charge is 2.65. The summed E-state index contributed by atoms with van der Waals surface area (Å²) < 4.78 is 5.01. The Morgan fingerprint density at radius 1 is 1.03 bits per heavy atom. The Morgan fingerprint density at radius 2 is 1.79 bits per heavy atom. The summed E-state index contributed by atoms with van der Waals surface area (Å²) in [5.74, 6) is -2.77. The SMILES string of the molecule is COC(=O)C1C2C(=O)N(c3cccc(Cl)c3)C(=O)C2C2c3ccccc3C=CN12. The van der Waals surface area contributed by atoms with Crippen LogP contribution in [-0.4, -0.2) is 35.8 Å². The van der Waals surface area contributed by atoms with Gasteiger partial charge in [-0.3, -0.25) is 9.59 Å². The number of halogens is 1. The molecule has 0 N–H and O–H groups in total. The van der Waals surface area contributed by atoms with Crippen molar-refractivity contribution in [2.75, 3.05) is 12.0 Å². The maximum atomic E-state index is 13.5. The van der Waals surface area contributed by atoms with Crippen molar-refractivity contribution >= 4 is 41.1 Å². The number of amides is 2. The molecule has 3 aliphatic heterocycles. The van der Waals surface area contributed by atoms with Crippen LogP contribution >= 0.6 is 11.6 Å². The van der Waals surface area contributed by atoms with Crippen molar-refractivity contribution in [3.05, 3.63) is 70.9 Å². The van der Waals surface area contributed by atoms with Crippen LogP contribution in [0, 0.1) is 11.8 Å². The lowest BCUT2D eigenvalue weighted by atomic mass is 9.84. The molecule has 0 radical (unpaired) electrons. The maximum Gasteiger partial charge on any atom is 0.329 e. The van der Waals surface area contributed by atoms with Crippen LogP contribution in [0.1, 0.15) is 17.2 Å². The largest absolute Gasteiger partial charge is 0.467 e. The summed E-state index contributed by atoms with van der Waals surface area (Å²) in [7, 11) is 1.29. The molecule has 2 fully saturated rings. The fraction of sp³-hybridized carbons (Fsp3) is 0.227. The summed E-state index contributed by atoms with van der Waals surface area (Å²) in [6, 6.07) is 13.1. The number of esters is 1. The van der Waals surface area contributed by atoms with Crippen molar-refractivity contribution in [3.8, 4) is 0 Å². The number of methoxy groups -OCH3 is 1. The van der Waals surface area contributed by atoms with Gasteiger partial charge in [-0.15, -0.1) is 0 Å². The molecule has 2 aromatic carbocycles. The van der Waals surface area contributed by atoms with Gasteiger partial charge in [0.2, 0.25) is 11.8 Å². The van der Waals surface area contributed by atoms with Crippen LogP contribution in [-0.2, 0) is 19.1 Å². The molecule has 5 rings (SSSR count). The molecule has 4 unspecified atom stereocenters. The summed E-state index contributed by atoms with van der Waals surface area (Å²) in [6.07, 6.45) is 3.68. The van der Waals surface area contributed by atoms with Gasteiger partial charge in [0.15, 0.2) is 0 Å². The van der Waals surface area contributed by atoms with Gasteiger partial charge in [-0.25, -0.2) is 9.69 Å². The van der Waals surface area contributed by atoms with E-state index in [0.717, 1.165) is 16.0 Å². The van der Waals surface area contributed by atoms with Gasteiger partial charge in [-0.1, -0.05) is 41.9 Å². The highest BCUT2D eigenvalue weighted by atomic mass is 35.5. The first-order valence-electron chi connectivity index (χ1n) is 9.28. The third-order valence-corrected chi connectivity index (χ3v) is 6.21. The van der Waals surface area contributed by atoms with Gasteiger partial charge in [0.25, 0.3) is 0 Å². The number of ether oxygens (including phenoxy) is 1. The average Bonchev–Trinajstić information content (AvgIpc) is 3.20. The third-order valence-electron chi connectivity index (χ3n) is 5.97. The number of carbonyl (C=O) groups excluding carboxylic acids is 3. The van der Waals surface area contributed by atoms with Crippen molar-refractivity contribution in [2.24, 2.45) is 11.8 Å². The molecule has 2 amide bonds. The number of rotatable bonds is 2. The Balaban J connectivity index is 1.66. The molecule has 2 aromatic rings. The third kappa shape index (κ3) is 2.45. The van der Waals surface area contributed by atoms with Crippen molar-refractivity contribution in [2.45, 2.75) is 12.1 Å². The topological polar surface area (TPSA) is 66.9 Å². The molecule has 0 saturated carbocycles. The normalized spacial score (nSPS) is 27.0. The predicted octanol–water partition coefficient (Wildman–Crippen LogP) is 3.03. The Kier molecular flexibility index (Phi) is 3.99. The van der Waals surface area contributed by atoms with Gasteiger partial charge >= 0.3 is 5.97 Å². The number of anilines is 1. The van der Waals surface area contributed by atoms with E-state index in [1.165, 1.54) is 7.11 Å². The molecule has 7 heteroatoms. The van der Waals surface area contributed by atoms with E-state index in [1.807, 2.05) is 30.3 Å². The van der Waals surface area contributed by atoms with Gasteiger partial charge in [-0.2, -0.15) is 0 Å². The van der Waals surface area contributed by atoms with E-state index >= 15 is 0 Å². The second-order valence-corrected chi connectivity index (χ2v) is 7.78. The van der Waals surface area contributed by atoms with Crippen LogP contribution in [0.15, 0.2) is 54.7 Å². The van der Waals surface area contributed by atoms with Crippen LogP contribution in [0.3, 0.4) is 0 Å². The minimum absolute atomic E-state index is 0.325. The van der Waals surface area contributed by atoms with E-state index in [0.29, 0.717) is 10.7 Å². The number of hydrogen-bond donors (Lipinski definition) is 0. The van der Waals surface area contributed by atoms with Crippen LogP contribution < -0.4 is 4.90 Å². The predicted molar refractivity (Wildman–Crippen MR) is 107 cm³/mol. The van der Waals surface area contributed by atoms with E-state index in [2.05, 4.69) is 0 Å². The highest BCUT2D eigenvalue weighted by Crippen LogP contribution is 2.53. The molecule has 0 aromatic heterocycles. The van der Waals surface area contributed by atoms with E-state index < -0.39 is 35.8 Å². The first kappa shape index (κ1) is 17.9. The van der Waals surface area contributed by atoms with Crippen molar-refractivity contribution in [3.63, 3.8) is 0 Å². The van der Waals surface area contributed by atoms with Crippen molar-refractivity contribution in [1.29, 1.82) is 0 Å². The molecule has 0 aliphatic carbocycles. The minimum Gasteiger partial charge on any atom is -0.467 e. The highest BCUT2D eigenvalue weighted by molar-refractivity contribution is 6.31. The number of benzene rings is 2. The van der Waals surface area contributed by atoms with E-state index in [-0.39, 0.29) is 5.91 Å². The van der Waals surface area contributed by atoms with Gasteiger partial charge in [0.05, 0.1) is 30.7 Å². The lowest BCUT2D eigenvalue weighted by Gasteiger charge is -2.34. The molecule has 146 valence electrons. The standard InChI is InChI=1S/C22H17ClN2O4/c1-29-22(28)19-17-16(18-15-8-3-2-5-12(15)9-10-24(18)19)20(26)25(21(17)27)14-7-4-6-13(23)11-14/h2-11,16-19H,1H3. The maximum absolute atomic E-state index is 13.5. The molecule has 6 nitrogen and oxygen atoms in total. The van der Waals surface area contributed by atoms with E-state index in [1.54, 1.807) is 35.4 Å². The Hall–Kier alpha value is -3.12. The van der Waals surface area contributed by atoms with Crippen LogP contribution in [0.5, 0.6) is 0 Å². The molecular formula is C22H17ClN2O4. The summed E-state index contributed by atoms with van der Waals surface area (Å²) >= 11 is 6.08. The first-order valence-corrected chi connectivity index (χ1v) is 9.66. The lowest BCUT2D eigenvalue weighted by molar-refractivity contribution is -0.148. The van der Waals surface area contributed by atoms with Crippen molar-refractivity contribution < 1.29 is 19.1 Å². The summed E-state index contributed by atoms with van der Waals surface area (Å²) in [4.78, 5) is 42.5. The van der Waals surface area contributed by atoms with Crippen LogP contribution in [0.25, 0.3) is 6.08 Å². The lowest BCUT2D eigenvalue weighted by Crippen LogP contribution is -2.44. The average molecular weight is 409 g/mol. The molecule has 3 heterocycles. The zero-order chi connectivity index (χ0) is 20.3. The zero-order valence-corrected chi connectivity index (χ0v) is 16.2. The van der Waals surface area contributed by atoms with Gasteiger partial charge in [-0.05, 0) is 35.4 Å². The number of hydrogen-bond acceptors (Lipinski definition) is 5. The summed E-state index contributed by atoms with van der Waals surface area (Å²) in [5.41, 5.74) is 2.31. The molecule has 0 bridgehead atoms.